The number of carbonyl (C=O) groups is 2. The monoisotopic (exact) mass is 385 g/mol. The average Bonchev–Trinajstić information content (AvgIpc) is 3.08. The Morgan fingerprint density at radius 2 is 1.75 bits per heavy atom. The van der Waals surface area contributed by atoms with Crippen LogP contribution in [0.25, 0.3) is 0 Å². The molecule has 1 unspecified atom stereocenters. The van der Waals surface area contributed by atoms with Crippen molar-refractivity contribution in [1.82, 2.24) is 15.1 Å². The van der Waals surface area contributed by atoms with E-state index in [1.54, 1.807) is 4.90 Å². The number of benzene rings is 1. The van der Waals surface area contributed by atoms with Crippen molar-refractivity contribution in [3.63, 3.8) is 0 Å². The van der Waals surface area contributed by atoms with Gasteiger partial charge in [0.25, 0.3) is 5.91 Å². The topological polar surface area (TPSA) is 61.9 Å². The molecule has 2 heterocycles. The summed E-state index contributed by atoms with van der Waals surface area (Å²) in [5.74, 6) is -0.162. The Labute approximate surface area is 167 Å². The molecule has 3 fully saturated rings. The van der Waals surface area contributed by atoms with Gasteiger partial charge in [0.05, 0.1) is 6.61 Å². The molecule has 1 atom stereocenters. The highest BCUT2D eigenvalue weighted by Gasteiger charge is 2.53. The number of hydrogen-bond donors (Lipinski definition) is 1. The Balaban J connectivity index is 1.55. The third-order valence-corrected chi connectivity index (χ3v) is 6.50. The number of ether oxygens (including phenoxy) is 1. The minimum Gasteiger partial charge on any atom is -0.353 e. The molecular formula is C22H31N3O3. The molecule has 1 N–H and O–H groups in total. The molecule has 1 aromatic rings. The molecule has 6 nitrogen and oxygen atoms in total. The van der Waals surface area contributed by atoms with Crippen LogP contribution in [-0.4, -0.2) is 66.2 Å². The van der Waals surface area contributed by atoms with E-state index in [2.05, 4.69) is 17.3 Å². The predicted octanol–water partition coefficient (Wildman–Crippen LogP) is 2.40. The summed E-state index contributed by atoms with van der Waals surface area (Å²) in [5.41, 5.74) is -0.00463. The van der Waals surface area contributed by atoms with Gasteiger partial charge in [-0.25, -0.2) is 0 Å². The van der Waals surface area contributed by atoms with Crippen LogP contribution in [0, 0.1) is 0 Å². The largest absolute Gasteiger partial charge is 0.353 e. The van der Waals surface area contributed by atoms with Crippen molar-refractivity contribution < 1.29 is 14.3 Å². The molecule has 1 aromatic carbocycles. The Hall–Kier alpha value is -1.92. The van der Waals surface area contributed by atoms with Crippen molar-refractivity contribution in [2.45, 2.75) is 62.8 Å². The number of nitrogens with one attached hydrogen (secondary N) is 1. The quantitative estimate of drug-likeness (QED) is 0.868. The first-order chi connectivity index (χ1) is 13.6. The van der Waals surface area contributed by atoms with Crippen molar-refractivity contribution in [2.24, 2.45) is 0 Å². The molecule has 1 spiro atoms. The van der Waals surface area contributed by atoms with Gasteiger partial charge in [0.1, 0.15) is 11.8 Å². The van der Waals surface area contributed by atoms with Gasteiger partial charge in [-0.1, -0.05) is 24.6 Å². The first-order valence-electron chi connectivity index (χ1n) is 10.6. The molecule has 0 radical (unpaired) electrons. The Morgan fingerprint density at radius 1 is 1.07 bits per heavy atom. The Bertz CT molecular complexity index is 694. The van der Waals surface area contributed by atoms with E-state index < -0.39 is 11.8 Å². The summed E-state index contributed by atoms with van der Waals surface area (Å²) in [4.78, 5) is 30.6. The first-order valence-corrected chi connectivity index (χ1v) is 10.6. The zero-order valence-corrected chi connectivity index (χ0v) is 16.7. The van der Waals surface area contributed by atoms with Gasteiger partial charge in [-0.3, -0.25) is 14.5 Å². The lowest BCUT2D eigenvalue weighted by atomic mass is 9.89. The van der Waals surface area contributed by atoms with Gasteiger partial charge in [0, 0.05) is 11.6 Å². The van der Waals surface area contributed by atoms with Crippen LogP contribution in [0.2, 0.25) is 0 Å². The van der Waals surface area contributed by atoms with Gasteiger partial charge in [-0.15, -0.1) is 0 Å². The van der Waals surface area contributed by atoms with Crippen LogP contribution >= 0.6 is 0 Å². The van der Waals surface area contributed by atoms with Crippen molar-refractivity contribution >= 4 is 11.8 Å². The van der Waals surface area contributed by atoms with Crippen LogP contribution in [0.4, 0.5) is 0 Å². The molecule has 28 heavy (non-hydrogen) atoms. The third kappa shape index (κ3) is 3.80. The van der Waals surface area contributed by atoms with Crippen LogP contribution in [0.15, 0.2) is 30.3 Å². The first kappa shape index (κ1) is 19.4. The minimum atomic E-state index is -0.625. The van der Waals surface area contributed by atoms with Gasteiger partial charge in [-0.2, -0.15) is 0 Å². The van der Waals surface area contributed by atoms with Crippen molar-refractivity contribution in [2.75, 3.05) is 26.7 Å². The molecule has 1 aliphatic carbocycles. The van der Waals surface area contributed by atoms with Gasteiger partial charge in [0.15, 0.2) is 0 Å². The van der Waals surface area contributed by atoms with E-state index in [1.165, 1.54) is 0 Å². The summed E-state index contributed by atoms with van der Waals surface area (Å²) < 4.78 is 6.21. The molecule has 2 amide bonds. The zero-order valence-electron chi connectivity index (χ0n) is 16.7. The molecule has 2 aliphatic heterocycles. The highest BCUT2D eigenvalue weighted by atomic mass is 16.5. The molecule has 0 aromatic heterocycles. The molecule has 6 heteroatoms. The summed E-state index contributed by atoms with van der Waals surface area (Å²) in [6.07, 6.45) is 6.74. The number of likely N-dealkylation sites (tertiary alicyclic amines) is 1. The predicted molar refractivity (Wildman–Crippen MR) is 107 cm³/mol. The SMILES string of the molecule is CN1CCC(NC(=O)C2COC3(CCCCC3)N2C(=O)c2ccccc2)CC1. The van der Waals surface area contributed by atoms with Crippen molar-refractivity contribution in [3.05, 3.63) is 35.9 Å². The normalized spacial score (nSPS) is 25.8. The smallest absolute Gasteiger partial charge is 0.256 e. The molecule has 0 bridgehead atoms. The maximum Gasteiger partial charge on any atom is 0.256 e. The number of piperidine rings is 1. The fraction of sp³-hybridized carbons (Fsp3) is 0.636. The van der Waals surface area contributed by atoms with E-state index in [0.717, 1.165) is 58.0 Å². The van der Waals surface area contributed by atoms with Crippen LogP contribution < -0.4 is 5.32 Å². The second-order valence-corrected chi connectivity index (χ2v) is 8.46. The fourth-order valence-electron chi connectivity index (χ4n) is 4.84. The van der Waals surface area contributed by atoms with E-state index in [-0.39, 0.29) is 24.5 Å². The Morgan fingerprint density at radius 3 is 2.43 bits per heavy atom. The summed E-state index contributed by atoms with van der Waals surface area (Å²) in [5, 5.41) is 3.20. The lowest BCUT2D eigenvalue weighted by Gasteiger charge is -2.41. The van der Waals surface area contributed by atoms with E-state index in [0.29, 0.717) is 5.56 Å². The van der Waals surface area contributed by atoms with E-state index in [4.69, 9.17) is 4.74 Å². The summed E-state index contributed by atoms with van der Waals surface area (Å²) in [6.45, 7) is 2.27. The van der Waals surface area contributed by atoms with Gasteiger partial charge < -0.3 is 15.0 Å². The number of nitrogens with zero attached hydrogens (tertiary/aromatic N) is 2. The molecular weight excluding hydrogens is 354 g/mol. The summed E-state index contributed by atoms with van der Waals surface area (Å²) >= 11 is 0. The lowest BCUT2D eigenvalue weighted by molar-refractivity contribution is -0.128. The standard InChI is InChI=1S/C22H31N3O3/c1-24-14-10-18(11-15-24)23-20(26)19-16-28-22(12-6-3-7-13-22)25(19)21(27)17-8-4-2-5-9-17/h2,4-5,8-9,18-19H,3,6-7,10-16H2,1H3,(H,23,26). The number of carbonyl (C=O) groups excluding carboxylic acids is 2. The molecule has 152 valence electrons. The third-order valence-electron chi connectivity index (χ3n) is 6.50. The molecule has 4 rings (SSSR count). The van der Waals surface area contributed by atoms with Crippen molar-refractivity contribution in [3.8, 4) is 0 Å². The molecule has 2 saturated heterocycles. The average molecular weight is 386 g/mol. The molecule has 3 aliphatic rings. The van der Waals surface area contributed by atoms with E-state index in [9.17, 15) is 9.59 Å². The summed E-state index contributed by atoms with van der Waals surface area (Å²) in [7, 11) is 2.11. The highest BCUT2D eigenvalue weighted by Crippen LogP contribution is 2.41. The zero-order chi connectivity index (χ0) is 19.6. The minimum absolute atomic E-state index is 0.0683. The van der Waals surface area contributed by atoms with E-state index >= 15 is 0 Å². The second kappa shape index (κ2) is 8.21. The second-order valence-electron chi connectivity index (χ2n) is 8.46. The number of amides is 2. The summed E-state index contributed by atoms with van der Waals surface area (Å²) in [6, 6.07) is 8.91. The maximum atomic E-state index is 13.4. The fourth-order valence-corrected chi connectivity index (χ4v) is 4.84. The van der Waals surface area contributed by atoms with Gasteiger partial charge in [0.2, 0.25) is 5.91 Å². The highest BCUT2D eigenvalue weighted by molar-refractivity contribution is 5.98. The van der Waals surface area contributed by atoms with Gasteiger partial charge in [-0.05, 0) is 70.8 Å². The van der Waals surface area contributed by atoms with E-state index in [1.807, 2.05) is 30.3 Å². The Kier molecular flexibility index (Phi) is 5.69. The van der Waals surface area contributed by atoms with Crippen molar-refractivity contribution in [1.29, 1.82) is 0 Å². The number of rotatable bonds is 3. The van der Waals surface area contributed by atoms with Crippen LogP contribution in [0.1, 0.15) is 55.3 Å². The maximum absolute atomic E-state index is 13.4. The molecule has 1 saturated carbocycles. The van der Waals surface area contributed by atoms with Crippen LogP contribution in [-0.2, 0) is 9.53 Å². The number of hydrogen-bond acceptors (Lipinski definition) is 4. The van der Waals surface area contributed by atoms with Crippen LogP contribution in [0.3, 0.4) is 0 Å². The van der Waals surface area contributed by atoms with Crippen LogP contribution in [0.5, 0.6) is 0 Å². The lowest BCUT2D eigenvalue weighted by Crippen LogP contribution is -2.57. The van der Waals surface area contributed by atoms with Gasteiger partial charge >= 0.3 is 0 Å².